The molecule has 0 heterocycles. The highest BCUT2D eigenvalue weighted by molar-refractivity contribution is 6.32. The lowest BCUT2D eigenvalue weighted by Gasteiger charge is -2.14. The first kappa shape index (κ1) is 14.5. The molecule has 0 radical (unpaired) electrons. The maximum absolute atomic E-state index is 11.0. The lowest BCUT2D eigenvalue weighted by atomic mass is 9.99. The van der Waals surface area contributed by atoms with E-state index in [0.717, 1.165) is 5.56 Å². The molecule has 0 saturated carbocycles. The molecule has 104 valence electrons. The van der Waals surface area contributed by atoms with E-state index in [0.29, 0.717) is 16.1 Å². The minimum atomic E-state index is -0.872. The summed E-state index contributed by atoms with van der Waals surface area (Å²) in [7, 11) is 0. The summed E-state index contributed by atoms with van der Waals surface area (Å²) in [4.78, 5) is 10.5. The minimum Gasteiger partial charge on any atom is -0.388 e. The van der Waals surface area contributed by atoms with Crippen LogP contribution in [0.15, 0.2) is 42.5 Å². The number of nitrogens with zero attached hydrogens (tertiary/aromatic N) is 1. The number of nitro groups is 1. The van der Waals surface area contributed by atoms with Gasteiger partial charge in [0.2, 0.25) is 0 Å². The van der Waals surface area contributed by atoms with Crippen LogP contribution in [-0.4, -0.2) is 10.0 Å². The highest BCUT2D eigenvalue weighted by atomic mass is 35.5. The normalized spacial score (nSPS) is 12.2. The third-order valence-electron chi connectivity index (χ3n) is 3.18. The van der Waals surface area contributed by atoms with Crippen LogP contribution < -0.4 is 0 Å². The molecule has 0 bridgehead atoms. The lowest BCUT2D eigenvalue weighted by molar-refractivity contribution is -0.385. The van der Waals surface area contributed by atoms with Crippen molar-refractivity contribution in [3.05, 3.63) is 74.3 Å². The molecular formula is C15H14ClNO3. The van der Waals surface area contributed by atoms with Gasteiger partial charge >= 0.3 is 0 Å². The van der Waals surface area contributed by atoms with Gasteiger partial charge in [-0.2, -0.15) is 0 Å². The molecule has 2 aromatic rings. The fraction of sp³-hybridized carbons (Fsp3) is 0.200. The standard InChI is InChI=1S/C15H14ClNO3/c1-10-5-4-7-12(15(10)16)14(18)9-11-6-2-3-8-13(11)17(19)20/h2-8,14,18H,9H2,1H3. The molecule has 5 heteroatoms. The Hall–Kier alpha value is -1.91. The van der Waals surface area contributed by atoms with E-state index in [1.807, 2.05) is 13.0 Å². The van der Waals surface area contributed by atoms with Crippen LogP contribution in [0.25, 0.3) is 0 Å². The second kappa shape index (κ2) is 6.03. The number of hydrogen-bond donors (Lipinski definition) is 1. The van der Waals surface area contributed by atoms with E-state index in [4.69, 9.17) is 11.6 Å². The number of halogens is 1. The number of benzene rings is 2. The van der Waals surface area contributed by atoms with Crippen molar-refractivity contribution in [2.75, 3.05) is 0 Å². The zero-order valence-corrected chi connectivity index (χ0v) is 11.7. The maximum atomic E-state index is 11.0. The Labute approximate surface area is 121 Å². The monoisotopic (exact) mass is 291 g/mol. The van der Waals surface area contributed by atoms with Gasteiger partial charge in [0.05, 0.1) is 11.0 Å². The topological polar surface area (TPSA) is 63.4 Å². The molecule has 20 heavy (non-hydrogen) atoms. The predicted octanol–water partition coefficient (Wildman–Crippen LogP) is 3.83. The molecular weight excluding hydrogens is 278 g/mol. The van der Waals surface area contributed by atoms with Gasteiger partial charge < -0.3 is 5.11 Å². The SMILES string of the molecule is Cc1cccc(C(O)Cc2ccccc2[N+](=O)[O-])c1Cl. The first-order valence-electron chi connectivity index (χ1n) is 6.16. The van der Waals surface area contributed by atoms with Crippen molar-refractivity contribution < 1.29 is 10.0 Å². The Kier molecular flexibility index (Phi) is 4.37. The van der Waals surface area contributed by atoms with E-state index in [1.165, 1.54) is 6.07 Å². The van der Waals surface area contributed by atoms with Gasteiger partial charge in [-0.15, -0.1) is 0 Å². The molecule has 0 aromatic heterocycles. The zero-order valence-electron chi connectivity index (χ0n) is 10.9. The molecule has 0 fully saturated rings. The van der Waals surface area contributed by atoms with Crippen LogP contribution in [0.4, 0.5) is 5.69 Å². The largest absolute Gasteiger partial charge is 0.388 e. The van der Waals surface area contributed by atoms with Crippen LogP contribution in [0.3, 0.4) is 0 Å². The van der Waals surface area contributed by atoms with Gasteiger partial charge in [-0.3, -0.25) is 10.1 Å². The highest BCUT2D eigenvalue weighted by Crippen LogP contribution is 2.30. The van der Waals surface area contributed by atoms with E-state index >= 15 is 0 Å². The Bertz CT molecular complexity index is 643. The van der Waals surface area contributed by atoms with Crippen LogP contribution in [0.1, 0.15) is 22.8 Å². The van der Waals surface area contributed by atoms with Gasteiger partial charge in [-0.1, -0.05) is 48.0 Å². The molecule has 2 rings (SSSR count). The highest BCUT2D eigenvalue weighted by Gasteiger charge is 2.19. The smallest absolute Gasteiger partial charge is 0.272 e. The summed E-state index contributed by atoms with van der Waals surface area (Å²) in [5.74, 6) is 0. The Balaban J connectivity index is 2.30. The lowest BCUT2D eigenvalue weighted by Crippen LogP contribution is -2.05. The second-order valence-corrected chi connectivity index (χ2v) is 4.96. The van der Waals surface area contributed by atoms with Gasteiger partial charge in [0.25, 0.3) is 5.69 Å². The van der Waals surface area contributed by atoms with Crippen LogP contribution >= 0.6 is 11.6 Å². The number of aryl methyl sites for hydroxylation is 1. The number of aliphatic hydroxyl groups is 1. The molecule has 0 aliphatic heterocycles. The maximum Gasteiger partial charge on any atom is 0.272 e. The Morgan fingerprint density at radius 3 is 2.65 bits per heavy atom. The van der Waals surface area contributed by atoms with Crippen molar-refractivity contribution in [2.24, 2.45) is 0 Å². The van der Waals surface area contributed by atoms with Gasteiger partial charge in [-0.05, 0) is 18.1 Å². The summed E-state index contributed by atoms with van der Waals surface area (Å²) in [5, 5.41) is 21.7. The number of nitro benzene ring substituents is 1. The van der Waals surface area contributed by atoms with E-state index < -0.39 is 11.0 Å². The number of para-hydroxylation sites is 1. The summed E-state index contributed by atoms with van der Waals surface area (Å²) in [6.07, 6.45) is -0.719. The van der Waals surface area contributed by atoms with Gasteiger partial charge in [-0.25, -0.2) is 0 Å². The zero-order chi connectivity index (χ0) is 14.7. The van der Waals surface area contributed by atoms with E-state index in [-0.39, 0.29) is 12.1 Å². The molecule has 0 aliphatic carbocycles. The number of rotatable bonds is 4. The summed E-state index contributed by atoms with van der Waals surface area (Å²) < 4.78 is 0. The third-order valence-corrected chi connectivity index (χ3v) is 3.70. The van der Waals surface area contributed by atoms with E-state index in [2.05, 4.69) is 0 Å². The molecule has 1 unspecified atom stereocenters. The van der Waals surface area contributed by atoms with Crippen molar-refractivity contribution in [3.8, 4) is 0 Å². The average Bonchev–Trinajstić information content (AvgIpc) is 2.42. The number of hydrogen-bond acceptors (Lipinski definition) is 3. The van der Waals surface area contributed by atoms with Gasteiger partial charge in [0.15, 0.2) is 0 Å². The summed E-state index contributed by atoms with van der Waals surface area (Å²) >= 11 is 6.16. The average molecular weight is 292 g/mol. The molecule has 1 atom stereocenters. The number of aliphatic hydroxyl groups excluding tert-OH is 1. The molecule has 0 spiro atoms. The van der Waals surface area contributed by atoms with Crippen molar-refractivity contribution in [1.29, 1.82) is 0 Å². The third kappa shape index (κ3) is 2.98. The predicted molar refractivity (Wildman–Crippen MR) is 77.9 cm³/mol. The Morgan fingerprint density at radius 1 is 1.25 bits per heavy atom. The van der Waals surface area contributed by atoms with Crippen molar-refractivity contribution in [1.82, 2.24) is 0 Å². The molecule has 0 amide bonds. The van der Waals surface area contributed by atoms with Crippen molar-refractivity contribution >= 4 is 17.3 Å². The second-order valence-electron chi connectivity index (χ2n) is 4.58. The molecule has 4 nitrogen and oxygen atoms in total. The summed E-state index contributed by atoms with van der Waals surface area (Å²) in [6, 6.07) is 11.8. The quantitative estimate of drug-likeness (QED) is 0.688. The fourth-order valence-electron chi connectivity index (χ4n) is 2.11. The summed E-state index contributed by atoms with van der Waals surface area (Å²) in [5.41, 5.74) is 1.95. The molecule has 0 saturated heterocycles. The van der Waals surface area contributed by atoms with Crippen LogP contribution in [0.2, 0.25) is 5.02 Å². The van der Waals surface area contributed by atoms with Crippen LogP contribution in [-0.2, 0) is 6.42 Å². The molecule has 1 N–H and O–H groups in total. The van der Waals surface area contributed by atoms with Gasteiger partial charge in [0, 0.05) is 23.1 Å². The molecule has 0 aliphatic rings. The fourth-order valence-corrected chi connectivity index (χ4v) is 2.36. The van der Waals surface area contributed by atoms with Crippen molar-refractivity contribution in [3.63, 3.8) is 0 Å². The van der Waals surface area contributed by atoms with Gasteiger partial charge in [0.1, 0.15) is 0 Å². The first-order valence-corrected chi connectivity index (χ1v) is 6.54. The first-order chi connectivity index (χ1) is 9.50. The minimum absolute atomic E-state index is 0.00956. The van der Waals surface area contributed by atoms with Crippen LogP contribution in [0, 0.1) is 17.0 Å². The summed E-state index contributed by atoms with van der Waals surface area (Å²) in [6.45, 7) is 1.85. The van der Waals surface area contributed by atoms with Crippen LogP contribution in [0.5, 0.6) is 0 Å². The van der Waals surface area contributed by atoms with E-state index in [1.54, 1.807) is 30.3 Å². The molecule has 2 aromatic carbocycles. The van der Waals surface area contributed by atoms with E-state index in [9.17, 15) is 15.2 Å². The van der Waals surface area contributed by atoms with Crippen molar-refractivity contribution in [2.45, 2.75) is 19.4 Å². The Morgan fingerprint density at radius 2 is 1.95 bits per heavy atom.